The Morgan fingerprint density at radius 1 is 1.73 bits per heavy atom. The summed E-state index contributed by atoms with van der Waals surface area (Å²) in [7, 11) is 1.41. The summed E-state index contributed by atoms with van der Waals surface area (Å²) in [5.74, 6) is -0.299. The maximum absolute atomic E-state index is 11.0. The third kappa shape index (κ3) is 1.80. The summed E-state index contributed by atoms with van der Waals surface area (Å²) in [5, 5.41) is 1.95. The first-order chi connectivity index (χ1) is 5.25. The van der Waals surface area contributed by atoms with Crippen molar-refractivity contribution in [3.63, 3.8) is 0 Å². The van der Waals surface area contributed by atoms with E-state index in [9.17, 15) is 4.79 Å². The summed E-state index contributed by atoms with van der Waals surface area (Å²) < 4.78 is 4.60. The normalized spacial score (nSPS) is 12.5. The van der Waals surface area contributed by atoms with Crippen LogP contribution in [0.15, 0.2) is 17.5 Å². The molecule has 0 bridgehead atoms. The monoisotopic (exact) mass is 170 g/mol. The molecule has 0 saturated heterocycles. The van der Waals surface area contributed by atoms with Gasteiger partial charge in [0.05, 0.1) is 13.0 Å². The van der Waals surface area contributed by atoms with Gasteiger partial charge in [0.2, 0.25) is 0 Å². The molecule has 0 aromatic carbocycles. The van der Waals surface area contributed by atoms with Gasteiger partial charge in [-0.2, -0.15) is 0 Å². The SMILES string of the molecule is COC(=O)[C@H](C)c1cccs1. The van der Waals surface area contributed by atoms with E-state index in [1.54, 1.807) is 11.3 Å². The van der Waals surface area contributed by atoms with Crippen molar-refractivity contribution >= 4 is 17.3 Å². The van der Waals surface area contributed by atoms with E-state index in [0.29, 0.717) is 0 Å². The molecule has 0 aliphatic heterocycles. The molecule has 1 aromatic rings. The third-order valence-corrected chi connectivity index (χ3v) is 2.58. The zero-order valence-electron chi connectivity index (χ0n) is 6.53. The lowest BCUT2D eigenvalue weighted by molar-refractivity contribution is -0.141. The Kier molecular flexibility index (Phi) is 2.65. The number of thiophene rings is 1. The Hall–Kier alpha value is -0.830. The van der Waals surface area contributed by atoms with Crippen LogP contribution in [0.1, 0.15) is 17.7 Å². The Morgan fingerprint density at radius 2 is 2.45 bits per heavy atom. The zero-order valence-corrected chi connectivity index (χ0v) is 7.35. The Bertz CT molecular complexity index is 228. The van der Waals surface area contributed by atoms with Crippen LogP contribution < -0.4 is 0 Å². The van der Waals surface area contributed by atoms with Crippen molar-refractivity contribution in [3.8, 4) is 0 Å². The fourth-order valence-electron chi connectivity index (χ4n) is 0.831. The Labute approximate surface area is 69.8 Å². The number of hydrogen-bond donors (Lipinski definition) is 0. The van der Waals surface area contributed by atoms with Crippen molar-refractivity contribution in [1.82, 2.24) is 0 Å². The van der Waals surface area contributed by atoms with Gasteiger partial charge < -0.3 is 4.74 Å². The van der Waals surface area contributed by atoms with E-state index in [2.05, 4.69) is 4.74 Å². The predicted molar refractivity (Wildman–Crippen MR) is 44.8 cm³/mol. The number of methoxy groups -OCH3 is 1. The van der Waals surface area contributed by atoms with Gasteiger partial charge in [0, 0.05) is 4.88 Å². The second-order valence-electron chi connectivity index (χ2n) is 2.26. The van der Waals surface area contributed by atoms with Gasteiger partial charge in [-0.05, 0) is 18.4 Å². The third-order valence-electron chi connectivity index (χ3n) is 1.52. The van der Waals surface area contributed by atoms with Gasteiger partial charge in [-0.3, -0.25) is 4.79 Å². The summed E-state index contributed by atoms with van der Waals surface area (Å²) >= 11 is 1.57. The van der Waals surface area contributed by atoms with Gasteiger partial charge in [-0.25, -0.2) is 0 Å². The highest BCUT2D eigenvalue weighted by atomic mass is 32.1. The molecule has 0 unspecified atom stereocenters. The van der Waals surface area contributed by atoms with Gasteiger partial charge in [0.25, 0.3) is 0 Å². The average molecular weight is 170 g/mol. The fourth-order valence-corrected chi connectivity index (χ4v) is 1.60. The molecule has 0 saturated carbocycles. The first-order valence-corrected chi connectivity index (χ1v) is 4.25. The highest BCUT2D eigenvalue weighted by Gasteiger charge is 2.15. The van der Waals surface area contributed by atoms with Gasteiger partial charge in [0.15, 0.2) is 0 Å². The van der Waals surface area contributed by atoms with Crippen LogP contribution in [-0.2, 0) is 9.53 Å². The van der Waals surface area contributed by atoms with Crippen molar-refractivity contribution < 1.29 is 9.53 Å². The highest BCUT2D eigenvalue weighted by molar-refractivity contribution is 7.10. The molecule has 0 aliphatic carbocycles. The molecular formula is C8H10O2S. The summed E-state index contributed by atoms with van der Waals surface area (Å²) in [6.45, 7) is 1.84. The number of carbonyl (C=O) groups is 1. The van der Waals surface area contributed by atoms with Gasteiger partial charge in [0.1, 0.15) is 0 Å². The minimum Gasteiger partial charge on any atom is -0.469 e. The Balaban J connectivity index is 2.70. The lowest BCUT2D eigenvalue weighted by Gasteiger charge is -2.04. The highest BCUT2D eigenvalue weighted by Crippen LogP contribution is 2.21. The molecular weight excluding hydrogens is 160 g/mol. The molecule has 0 spiro atoms. The minimum atomic E-state index is -0.174. The van der Waals surface area contributed by atoms with Crippen molar-refractivity contribution in [2.75, 3.05) is 7.11 Å². The van der Waals surface area contributed by atoms with Crippen LogP contribution in [0.4, 0.5) is 0 Å². The van der Waals surface area contributed by atoms with Crippen molar-refractivity contribution in [2.45, 2.75) is 12.8 Å². The molecule has 2 nitrogen and oxygen atoms in total. The van der Waals surface area contributed by atoms with E-state index in [1.807, 2.05) is 24.4 Å². The molecule has 1 heterocycles. The van der Waals surface area contributed by atoms with Crippen LogP contribution in [0.5, 0.6) is 0 Å². The van der Waals surface area contributed by atoms with Crippen molar-refractivity contribution in [2.24, 2.45) is 0 Å². The van der Waals surface area contributed by atoms with E-state index in [-0.39, 0.29) is 11.9 Å². The first kappa shape index (κ1) is 8.27. The fraction of sp³-hybridized carbons (Fsp3) is 0.375. The lowest BCUT2D eigenvalue weighted by atomic mass is 10.1. The largest absolute Gasteiger partial charge is 0.469 e. The molecule has 0 aliphatic rings. The maximum atomic E-state index is 11.0. The molecule has 1 atom stereocenters. The van der Waals surface area contributed by atoms with Crippen LogP contribution in [-0.4, -0.2) is 13.1 Å². The van der Waals surface area contributed by atoms with Crippen LogP contribution >= 0.6 is 11.3 Å². The Morgan fingerprint density at radius 3 is 2.91 bits per heavy atom. The van der Waals surface area contributed by atoms with Crippen LogP contribution in [0.2, 0.25) is 0 Å². The smallest absolute Gasteiger partial charge is 0.313 e. The van der Waals surface area contributed by atoms with E-state index in [0.717, 1.165) is 4.88 Å². The summed E-state index contributed by atoms with van der Waals surface area (Å²) in [4.78, 5) is 12.0. The second-order valence-corrected chi connectivity index (χ2v) is 3.24. The summed E-state index contributed by atoms with van der Waals surface area (Å²) in [5.41, 5.74) is 0. The van der Waals surface area contributed by atoms with Gasteiger partial charge in [-0.1, -0.05) is 6.07 Å². The quantitative estimate of drug-likeness (QED) is 0.635. The molecule has 1 aromatic heterocycles. The summed E-state index contributed by atoms with van der Waals surface area (Å²) in [6.07, 6.45) is 0. The van der Waals surface area contributed by atoms with E-state index >= 15 is 0 Å². The molecule has 0 fully saturated rings. The topological polar surface area (TPSA) is 26.3 Å². The van der Waals surface area contributed by atoms with E-state index < -0.39 is 0 Å². The standard InChI is InChI=1S/C8H10O2S/c1-6(8(9)10-2)7-4-3-5-11-7/h3-6H,1-2H3/t6-/m1/s1. The maximum Gasteiger partial charge on any atom is 0.313 e. The predicted octanol–water partition coefficient (Wildman–Crippen LogP) is 2.02. The van der Waals surface area contributed by atoms with Gasteiger partial charge >= 0.3 is 5.97 Å². The number of carbonyl (C=O) groups excluding carboxylic acids is 1. The number of rotatable bonds is 2. The van der Waals surface area contributed by atoms with E-state index in [4.69, 9.17) is 0 Å². The molecule has 60 valence electrons. The van der Waals surface area contributed by atoms with E-state index in [1.165, 1.54) is 7.11 Å². The molecule has 3 heteroatoms. The van der Waals surface area contributed by atoms with Crippen LogP contribution in [0.25, 0.3) is 0 Å². The zero-order chi connectivity index (χ0) is 8.27. The molecule has 0 amide bonds. The molecule has 0 N–H and O–H groups in total. The molecule has 0 radical (unpaired) electrons. The van der Waals surface area contributed by atoms with Crippen molar-refractivity contribution in [1.29, 1.82) is 0 Å². The second kappa shape index (κ2) is 3.53. The number of esters is 1. The first-order valence-electron chi connectivity index (χ1n) is 3.37. The molecule has 1 rings (SSSR count). The lowest BCUT2D eigenvalue weighted by Crippen LogP contribution is -2.08. The number of ether oxygens (including phenoxy) is 1. The van der Waals surface area contributed by atoms with Crippen LogP contribution in [0.3, 0.4) is 0 Å². The minimum absolute atomic E-state index is 0.125. The summed E-state index contributed by atoms with van der Waals surface area (Å²) in [6, 6.07) is 3.87. The van der Waals surface area contributed by atoms with Crippen LogP contribution in [0, 0.1) is 0 Å². The molecule has 11 heavy (non-hydrogen) atoms. The average Bonchev–Trinajstić information content (AvgIpc) is 2.53. The van der Waals surface area contributed by atoms with Crippen molar-refractivity contribution in [3.05, 3.63) is 22.4 Å². The number of hydrogen-bond acceptors (Lipinski definition) is 3. The van der Waals surface area contributed by atoms with Gasteiger partial charge in [-0.15, -0.1) is 11.3 Å².